The topological polar surface area (TPSA) is 67.7 Å². The molecule has 26 heavy (non-hydrogen) atoms. The van der Waals surface area contributed by atoms with Crippen LogP contribution in [-0.2, 0) is 7.05 Å². The van der Waals surface area contributed by atoms with Gasteiger partial charge in [0.15, 0.2) is 0 Å². The number of rotatable bonds is 4. The van der Waals surface area contributed by atoms with Crippen molar-refractivity contribution in [1.82, 2.24) is 19.7 Å². The van der Waals surface area contributed by atoms with Crippen LogP contribution in [0.4, 0.5) is 27.5 Å². The van der Waals surface area contributed by atoms with E-state index in [-0.39, 0.29) is 5.82 Å². The van der Waals surface area contributed by atoms with Crippen LogP contribution in [0.1, 0.15) is 5.69 Å². The van der Waals surface area contributed by atoms with E-state index in [0.29, 0.717) is 17.5 Å². The van der Waals surface area contributed by atoms with Crippen LogP contribution in [0.5, 0.6) is 0 Å². The molecule has 0 amide bonds. The predicted octanol–water partition coefficient (Wildman–Crippen LogP) is 4.30. The van der Waals surface area contributed by atoms with E-state index in [9.17, 15) is 4.39 Å². The van der Waals surface area contributed by atoms with Crippen molar-refractivity contribution in [1.29, 1.82) is 0 Å². The average molecular weight is 348 g/mol. The summed E-state index contributed by atoms with van der Waals surface area (Å²) in [6.07, 6.45) is 1.66. The molecule has 0 aliphatic heterocycles. The lowest BCUT2D eigenvalue weighted by molar-refractivity contribution is 0.628. The lowest BCUT2D eigenvalue weighted by Crippen LogP contribution is -2.00. The first-order valence-corrected chi connectivity index (χ1v) is 8.14. The molecule has 0 aliphatic rings. The van der Waals surface area contributed by atoms with Gasteiger partial charge < -0.3 is 10.6 Å². The third-order valence-electron chi connectivity index (χ3n) is 4.16. The Morgan fingerprint density at radius 3 is 2.54 bits per heavy atom. The van der Waals surface area contributed by atoms with Gasteiger partial charge in [-0.1, -0.05) is 0 Å². The summed E-state index contributed by atoms with van der Waals surface area (Å²) in [5.74, 6) is 0.792. The molecule has 0 atom stereocenters. The molecule has 7 heteroatoms. The Balaban J connectivity index is 1.56. The lowest BCUT2D eigenvalue weighted by Gasteiger charge is -2.08. The Bertz CT molecular complexity index is 1070. The molecule has 2 heterocycles. The molecule has 4 aromatic rings. The number of hydrogen-bond donors (Lipinski definition) is 2. The molecule has 2 aromatic heterocycles. The third kappa shape index (κ3) is 3.19. The summed E-state index contributed by atoms with van der Waals surface area (Å²) in [5, 5.41) is 11.9. The zero-order valence-corrected chi connectivity index (χ0v) is 14.4. The van der Waals surface area contributed by atoms with Gasteiger partial charge in [-0.15, -0.1) is 0 Å². The summed E-state index contributed by atoms with van der Waals surface area (Å²) in [6, 6.07) is 13.8. The van der Waals surface area contributed by atoms with Crippen molar-refractivity contribution in [2.24, 2.45) is 7.05 Å². The molecule has 0 aliphatic carbocycles. The van der Waals surface area contributed by atoms with Crippen molar-refractivity contribution in [2.45, 2.75) is 6.92 Å². The van der Waals surface area contributed by atoms with Crippen LogP contribution >= 0.6 is 0 Å². The Kier molecular flexibility index (Phi) is 3.96. The molecule has 2 N–H and O–H groups in total. The highest BCUT2D eigenvalue weighted by Gasteiger charge is 2.06. The fourth-order valence-electron chi connectivity index (χ4n) is 2.71. The number of fused-ring (bicyclic) bond motifs is 1. The summed E-state index contributed by atoms with van der Waals surface area (Å²) in [7, 11) is 1.93. The maximum Gasteiger partial charge on any atom is 0.229 e. The fraction of sp³-hybridized carbons (Fsp3) is 0.105. The van der Waals surface area contributed by atoms with Crippen molar-refractivity contribution < 1.29 is 4.39 Å². The van der Waals surface area contributed by atoms with Gasteiger partial charge in [0.1, 0.15) is 11.6 Å². The first-order chi connectivity index (χ1) is 12.6. The molecular weight excluding hydrogens is 331 g/mol. The summed E-state index contributed by atoms with van der Waals surface area (Å²) in [4.78, 5) is 8.63. The van der Waals surface area contributed by atoms with Gasteiger partial charge in [-0.3, -0.25) is 4.68 Å². The minimum atomic E-state index is -0.285. The van der Waals surface area contributed by atoms with Crippen LogP contribution in [0.3, 0.4) is 0 Å². The highest BCUT2D eigenvalue weighted by Crippen LogP contribution is 2.23. The third-order valence-corrected chi connectivity index (χ3v) is 4.16. The minimum Gasteiger partial charge on any atom is -0.340 e. The standard InChI is InChI=1S/C19H17FN6/c1-12-16-8-7-15(11-17(16)25-26(12)2)22-18-9-10-21-19(24-18)23-14-5-3-13(20)4-6-14/h3-11H,1-2H3,(H2,21,22,23,24). The Morgan fingerprint density at radius 1 is 0.962 bits per heavy atom. The summed E-state index contributed by atoms with van der Waals surface area (Å²) in [6.45, 7) is 2.04. The largest absolute Gasteiger partial charge is 0.340 e. The quantitative estimate of drug-likeness (QED) is 0.576. The SMILES string of the molecule is Cc1c2ccc(Nc3ccnc(Nc4ccc(F)cc4)n3)cc2nn1C. The molecule has 130 valence electrons. The Hall–Kier alpha value is -3.48. The molecule has 6 nitrogen and oxygen atoms in total. The molecule has 4 rings (SSSR count). The van der Waals surface area contributed by atoms with Crippen LogP contribution in [0.2, 0.25) is 0 Å². The molecule has 0 fully saturated rings. The number of nitrogens with one attached hydrogen (secondary N) is 2. The molecule has 0 radical (unpaired) electrons. The summed E-state index contributed by atoms with van der Waals surface area (Å²) in [5.41, 5.74) is 3.66. The molecule has 0 unspecified atom stereocenters. The summed E-state index contributed by atoms with van der Waals surface area (Å²) < 4.78 is 14.9. The normalized spacial score (nSPS) is 10.9. The van der Waals surface area contributed by atoms with E-state index in [1.165, 1.54) is 12.1 Å². The highest BCUT2D eigenvalue weighted by atomic mass is 19.1. The zero-order chi connectivity index (χ0) is 18.1. The van der Waals surface area contributed by atoms with Gasteiger partial charge in [0, 0.05) is 35.7 Å². The summed E-state index contributed by atoms with van der Waals surface area (Å²) >= 11 is 0. The van der Waals surface area contributed by atoms with E-state index < -0.39 is 0 Å². The zero-order valence-electron chi connectivity index (χ0n) is 14.4. The van der Waals surface area contributed by atoms with E-state index in [2.05, 4.69) is 25.7 Å². The van der Waals surface area contributed by atoms with Crippen LogP contribution < -0.4 is 10.6 Å². The lowest BCUT2D eigenvalue weighted by atomic mass is 10.2. The minimum absolute atomic E-state index is 0.285. The van der Waals surface area contributed by atoms with Gasteiger partial charge in [-0.05, 0) is 55.5 Å². The average Bonchev–Trinajstić information content (AvgIpc) is 2.91. The number of hydrogen-bond acceptors (Lipinski definition) is 5. The van der Waals surface area contributed by atoms with Gasteiger partial charge in [-0.25, -0.2) is 9.37 Å². The second-order valence-electron chi connectivity index (χ2n) is 5.96. The maximum atomic E-state index is 13.0. The van der Waals surface area contributed by atoms with Crippen LogP contribution in [-0.4, -0.2) is 19.7 Å². The van der Waals surface area contributed by atoms with E-state index >= 15 is 0 Å². The van der Waals surface area contributed by atoms with E-state index in [1.807, 2.05) is 36.9 Å². The van der Waals surface area contributed by atoms with Gasteiger partial charge in [0.05, 0.1) is 5.52 Å². The smallest absolute Gasteiger partial charge is 0.229 e. The highest BCUT2D eigenvalue weighted by molar-refractivity contribution is 5.85. The van der Waals surface area contributed by atoms with Gasteiger partial charge >= 0.3 is 0 Å². The van der Waals surface area contributed by atoms with E-state index in [0.717, 1.165) is 22.3 Å². The molecular formula is C19H17FN6. The number of benzene rings is 2. The first-order valence-electron chi connectivity index (χ1n) is 8.14. The van der Waals surface area contributed by atoms with Gasteiger partial charge in [0.25, 0.3) is 0 Å². The molecule has 0 saturated heterocycles. The van der Waals surface area contributed by atoms with E-state index in [4.69, 9.17) is 0 Å². The predicted molar refractivity (Wildman–Crippen MR) is 100 cm³/mol. The Morgan fingerprint density at radius 2 is 1.73 bits per heavy atom. The fourth-order valence-corrected chi connectivity index (χ4v) is 2.71. The number of nitrogens with zero attached hydrogens (tertiary/aromatic N) is 4. The van der Waals surface area contributed by atoms with Crippen LogP contribution in [0.25, 0.3) is 10.9 Å². The van der Waals surface area contributed by atoms with Crippen molar-refractivity contribution in [3.8, 4) is 0 Å². The van der Waals surface area contributed by atoms with Crippen molar-refractivity contribution >= 4 is 34.0 Å². The van der Waals surface area contributed by atoms with Crippen LogP contribution in [0, 0.1) is 12.7 Å². The van der Waals surface area contributed by atoms with E-state index in [1.54, 1.807) is 24.4 Å². The molecule has 0 spiro atoms. The van der Waals surface area contributed by atoms with Crippen molar-refractivity contribution in [3.63, 3.8) is 0 Å². The van der Waals surface area contributed by atoms with Gasteiger partial charge in [0.2, 0.25) is 5.95 Å². The first kappa shape index (κ1) is 16.0. The second-order valence-corrected chi connectivity index (χ2v) is 5.96. The monoisotopic (exact) mass is 348 g/mol. The molecule has 0 bridgehead atoms. The van der Waals surface area contributed by atoms with Gasteiger partial charge in [-0.2, -0.15) is 10.1 Å². The number of aromatic nitrogens is 4. The van der Waals surface area contributed by atoms with Crippen LogP contribution in [0.15, 0.2) is 54.7 Å². The number of aryl methyl sites for hydroxylation is 2. The Labute approximate surface area is 149 Å². The second kappa shape index (κ2) is 6.44. The van der Waals surface area contributed by atoms with Crippen molar-refractivity contribution in [3.05, 3.63) is 66.2 Å². The van der Waals surface area contributed by atoms with Crippen molar-refractivity contribution in [2.75, 3.05) is 10.6 Å². The number of halogens is 1. The maximum absolute atomic E-state index is 13.0. The number of anilines is 4. The molecule has 0 saturated carbocycles. The molecule has 2 aromatic carbocycles.